The van der Waals surface area contributed by atoms with Gasteiger partial charge in [0.15, 0.2) is 0 Å². The van der Waals surface area contributed by atoms with Crippen LogP contribution in [0.25, 0.3) is 0 Å². The van der Waals surface area contributed by atoms with Crippen molar-refractivity contribution in [2.24, 2.45) is 12.8 Å². The fourth-order valence-electron chi connectivity index (χ4n) is 1.54. The topological polar surface area (TPSA) is 43.8 Å². The largest absolute Gasteiger partial charge is 0.320 e. The lowest BCUT2D eigenvalue weighted by atomic mass is 10.0. The van der Waals surface area contributed by atoms with Crippen molar-refractivity contribution in [3.63, 3.8) is 0 Å². The van der Waals surface area contributed by atoms with Crippen LogP contribution in [0.15, 0.2) is 30.6 Å². The van der Waals surface area contributed by atoms with E-state index in [9.17, 15) is 4.39 Å². The minimum Gasteiger partial charge on any atom is -0.320 e. The van der Waals surface area contributed by atoms with Crippen LogP contribution in [0.4, 0.5) is 4.39 Å². The second-order valence-electron chi connectivity index (χ2n) is 3.57. The molecule has 0 saturated carbocycles. The van der Waals surface area contributed by atoms with Gasteiger partial charge in [0.25, 0.3) is 0 Å². The Morgan fingerprint density at radius 2 is 2.25 bits per heavy atom. The van der Waals surface area contributed by atoms with Crippen LogP contribution in [-0.4, -0.2) is 9.78 Å². The van der Waals surface area contributed by atoms with E-state index in [-0.39, 0.29) is 5.02 Å². The molecule has 0 aliphatic carbocycles. The molecule has 84 valence electrons. The molecule has 0 aliphatic rings. The van der Waals surface area contributed by atoms with Gasteiger partial charge in [-0.3, -0.25) is 4.68 Å². The Labute approximate surface area is 97.6 Å². The predicted octanol–water partition coefficient (Wildman–Crippen LogP) is 2.26. The zero-order valence-corrected chi connectivity index (χ0v) is 9.45. The van der Waals surface area contributed by atoms with Crippen molar-refractivity contribution in [1.82, 2.24) is 9.78 Å². The lowest BCUT2D eigenvalue weighted by molar-refractivity contribution is 0.624. The Morgan fingerprint density at radius 3 is 2.88 bits per heavy atom. The zero-order valence-electron chi connectivity index (χ0n) is 8.69. The molecule has 0 amide bonds. The quantitative estimate of drug-likeness (QED) is 0.874. The monoisotopic (exact) mass is 239 g/mol. The third kappa shape index (κ3) is 1.94. The van der Waals surface area contributed by atoms with E-state index in [0.717, 1.165) is 5.56 Å². The number of nitrogens with two attached hydrogens (primary N) is 1. The van der Waals surface area contributed by atoms with E-state index in [4.69, 9.17) is 17.3 Å². The molecule has 1 unspecified atom stereocenters. The summed E-state index contributed by atoms with van der Waals surface area (Å²) in [4.78, 5) is 0. The van der Waals surface area contributed by atoms with E-state index in [1.54, 1.807) is 36.3 Å². The first-order valence-electron chi connectivity index (χ1n) is 4.77. The van der Waals surface area contributed by atoms with Crippen molar-refractivity contribution in [2.45, 2.75) is 6.04 Å². The number of halogens is 2. The molecule has 16 heavy (non-hydrogen) atoms. The maximum absolute atomic E-state index is 13.3. The third-order valence-electron chi connectivity index (χ3n) is 2.40. The molecule has 1 atom stereocenters. The van der Waals surface area contributed by atoms with E-state index in [1.807, 2.05) is 0 Å². The van der Waals surface area contributed by atoms with Crippen LogP contribution in [0.1, 0.15) is 17.2 Å². The van der Waals surface area contributed by atoms with Crippen molar-refractivity contribution in [2.75, 3.05) is 0 Å². The summed E-state index contributed by atoms with van der Waals surface area (Å²) in [6, 6.07) is 4.15. The van der Waals surface area contributed by atoms with Gasteiger partial charge in [-0.25, -0.2) is 4.39 Å². The fraction of sp³-hybridized carbons (Fsp3) is 0.182. The zero-order chi connectivity index (χ0) is 11.7. The van der Waals surface area contributed by atoms with E-state index in [2.05, 4.69) is 5.10 Å². The Bertz CT molecular complexity index is 510. The molecule has 2 N–H and O–H groups in total. The van der Waals surface area contributed by atoms with Gasteiger partial charge in [0.05, 0.1) is 17.3 Å². The molecule has 0 saturated heterocycles. The molecular weight excluding hydrogens is 229 g/mol. The first kappa shape index (κ1) is 11.1. The lowest BCUT2D eigenvalue weighted by Gasteiger charge is -2.11. The van der Waals surface area contributed by atoms with Crippen LogP contribution in [0.5, 0.6) is 0 Å². The molecular formula is C11H11ClFN3. The Kier molecular flexibility index (Phi) is 2.94. The molecule has 0 spiro atoms. The summed E-state index contributed by atoms with van der Waals surface area (Å²) in [6.07, 6.45) is 3.43. The highest BCUT2D eigenvalue weighted by atomic mass is 35.5. The molecule has 2 rings (SSSR count). The number of aromatic nitrogens is 2. The molecule has 5 heteroatoms. The number of nitrogens with zero attached hydrogens (tertiary/aromatic N) is 2. The summed E-state index contributed by atoms with van der Waals surface area (Å²) in [5, 5.41) is 4.08. The molecule has 0 bridgehead atoms. The van der Waals surface area contributed by atoms with Crippen molar-refractivity contribution >= 4 is 11.6 Å². The van der Waals surface area contributed by atoms with Gasteiger partial charge in [-0.05, 0) is 11.6 Å². The third-order valence-corrected chi connectivity index (χ3v) is 2.80. The summed E-state index contributed by atoms with van der Waals surface area (Å²) >= 11 is 5.86. The van der Waals surface area contributed by atoms with Crippen molar-refractivity contribution in [1.29, 1.82) is 0 Å². The Hall–Kier alpha value is -1.39. The SMILES string of the molecule is Cn1cc(C(N)c2cccc(F)c2Cl)cn1. The first-order chi connectivity index (χ1) is 7.59. The highest BCUT2D eigenvalue weighted by Crippen LogP contribution is 2.27. The number of hydrogen-bond donors (Lipinski definition) is 1. The van der Waals surface area contributed by atoms with Crippen LogP contribution < -0.4 is 5.73 Å². The normalized spacial score (nSPS) is 12.8. The number of rotatable bonds is 2. The number of aryl methyl sites for hydroxylation is 1. The van der Waals surface area contributed by atoms with Crippen molar-refractivity contribution < 1.29 is 4.39 Å². The van der Waals surface area contributed by atoms with E-state index in [1.165, 1.54) is 6.07 Å². The van der Waals surface area contributed by atoms with Gasteiger partial charge in [0.2, 0.25) is 0 Å². The van der Waals surface area contributed by atoms with Crippen LogP contribution in [0, 0.1) is 5.82 Å². The molecule has 0 fully saturated rings. The van der Waals surface area contributed by atoms with Gasteiger partial charge in [-0.1, -0.05) is 23.7 Å². The minimum atomic E-state index is -0.461. The van der Waals surface area contributed by atoms with Crippen LogP contribution in [0.2, 0.25) is 5.02 Å². The smallest absolute Gasteiger partial charge is 0.142 e. The maximum atomic E-state index is 13.3. The van der Waals surface area contributed by atoms with E-state index in [0.29, 0.717) is 5.56 Å². The summed E-state index contributed by atoms with van der Waals surface area (Å²) in [7, 11) is 1.80. The van der Waals surface area contributed by atoms with Gasteiger partial charge in [0, 0.05) is 18.8 Å². The van der Waals surface area contributed by atoms with E-state index < -0.39 is 11.9 Å². The summed E-state index contributed by atoms with van der Waals surface area (Å²) in [5.41, 5.74) is 7.36. The average molecular weight is 240 g/mol. The van der Waals surface area contributed by atoms with Gasteiger partial charge in [-0.15, -0.1) is 0 Å². The van der Waals surface area contributed by atoms with Crippen molar-refractivity contribution in [3.8, 4) is 0 Å². The Morgan fingerprint density at radius 1 is 1.50 bits per heavy atom. The minimum absolute atomic E-state index is 0.0684. The molecule has 1 aromatic carbocycles. The highest BCUT2D eigenvalue weighted by Gasteiger charge is 2.15. The number of hydrogen-bond acceptors (Lipinski definition) is 2. The van der Waals surface area contributed by atoms with Gasteiger partial charge in [0.1, 0.15) is 5.82 Å². The van der Waals surface area contributed by atoms with E-state index >= 15 is 0 Å². The standard InChI is InChI=1S/C11H11ClFN3/c1-16-6-7(5-15-16)11(14)8-3-2-4-9(13)10(8)12/h2-6,11H,14H2,1H3. The summed E-state index contributed by atoms with van der Waals surface area (Å²) in [6.45, 7) is 0. The molecule has 0 aliphatic heterocycles. The van der Waals surface area contributed by atoms with Gasteiger partial charge in [-0.2, -0.15) is 5.10 Å². The van der Waals surface area contributed by atoms with Crippen LogP contribution in [-0.2, 0) is 7.05 Å². The van der Waals surface area contributed by atoms with Crippen molar-refractivity contribution in [3.05, 3.63) is 52.6 Å². The predicted molar refractivity (Wildman–Crippen MR) is 60.6 cm³/mol. The fourth-order valence-corrected chi connectivity index (χ4v) is 1.78. The summed E-state index contributed by atoms with van der Waals surface area (Å²) in [5.74, 6) is -0.460. The highest BCUT2D eigenvalue weighted by molar-refractivity contribution is 6.31. The maximum Gasteiger partial charge on any atom is 0.142 e. The first-order valence-corrected chi connectivity index (χ1v) is 5.15. The second kappa shape index (κ2) is 4.23. The average Bonchev–Trinajstić information content (AvgIpc) is 2.68. The number of benzene rings is 1. The van der Waals surface area contributed by atoms with Gasteiger partial charge < -0.3 is 5.73 Å². The molecule has 0 radical (unpaired) electrons. The van der Waals surface area contributed by atoms with Crippen LogP contribution >= 0.6 is 11.6 Å². The van der Waals surface area contributed by atoms with Gasteiger partial charge >= 0.3 is 0 Å². The van der Waals surface area contributed by atoms with Crippen LogP contribution in [0.3, 0.4) is 0 Å². The molecule has 3 nitrogen and oxygen atoms in total. The second-order valence-corrected chi connectivity index (χ2v) is 3.95. The summed E-state index contributed by atoms with van der Waals surface area (Å²) < 4.78 is 14.9. The Balaban J connectivity index is 2.41. The molecule has 2 aromatic rings. The molecule has 1 heterocycles. The lowest BCUT2D eigenvalue weighted by Crippen LogP contribution is -2.12. The molecule has 1 aromatic heterocycles.